The lowest BCUT2D eigenvalue weighted by atomic mass is 10.0. The second-order valence-corrected chi connectivity index (χ2v) is 6.99. The van der Waals surface area contributed by atoms with Gasteiger partial charge >= 0.3 is 0 Å². The molecule has 2 rings (SSSR count). The zero-order chi connectivity index (χ0) is 14.2. The molecule has 19 heavy (non-hydrogen) atoms. The number of fused-ring (bicyclic) bond motifs is 1. The molecule has 0 saturated carbocycles. The molecule has 0 fully saturated rings. The Labute approximate surface area is 114 Å². The molecule has 0 bridgehead atoms. The highest BCUT2D eigenvalue weighted by Crippen LogP contribution is 2.38. The third-order valence-corrected chi connectivity index (χ3v) is 4.81. The third kappa shape index (κ3) is 2.43. The molecule has 6 nitrogen and oxygen atoms in total. The zero-order valence-corrected chi connectivity index (χ0v) is 12.7. The molecule has 7 heteroatoms. The summed E-state index contributed by atoms with van der Waals surface area (Å²) in [5.41, 5.74) is 0. The maximum atomic E-state index is 12.0. The van der Waals surface area contributed by atoms with E-state index in [4.69, 9.17) is 0 Å². The van der Waals surface area contributed by atoms with E-state index in [9.17, 15) is 8.42 Å². The molecule has 2 N–H and O–H groups in total. The number of nitrogens with zero attached hydrogens (tertiary/aromatic N) is 2. The van der Waals surface area contributed by atoms with Gasteiger partial charge in [0.2, 0.25) is 0 Å². The molecular formula is C12H22N4O2S. The molecule has 1 aromatic heterocycles. The second-order valence-electron chi connectivity index (χ2n) is 5.04. The highest BCUT2D eigenvalue weighted by atomic mass is 32.2. The zero-order valence-electron chi connectivity index (χ0n) is 11.9. The normalized spacial score (nSPS) is 22.7. The SMILES string of the molecule is CCC1CC(CC)n2nc(NC)c(S(C)(=O)=O)c2N1. The van der Waals surface area contributed by atoms with Crippen LogP contribution in [0.5, 0.6) is 0 Å². The van der Waals surface area contributed by atoms with E-state index in [1.54, 1.807) is 7.05 Å². The van der Waals surface area contributed by atoms with Crippen molar-refractivity contribution in [1.82, 2.24) is 9.78 Å². The van der Waals surface area contributed by atoms with Gasteiger partial charge in [0.05, 0.1) is 6.04 Å². The molecule has 1 aliphatic rings. The largest absolute Gasteiger partial charge is 0.371 e. The van der Waals surface area contributed by atoms with Crippen molar-refractivity contribution >= 4 is 21.5 Å². The van der Waals surface area contributed by atoms with Crippen LogP contribution in [-0.2, 0) is 9.84 Å². The number of rotatable bonds is 4. The van der Waals surface area contributed by atoms with Gasteiger partial charge in [-0.1, -0.05) is 13.8 Å². The van der Waals surface area contributed by atoms with Crippen molar-refractivity contribution in [2.75, 3.05) is 23.9 Å². The van der Waals surface area contributed by atoms with E-state index < -0.39 is 9.84 Å². The van der Waals surface area contributed by atoms with E-state index in [-0.39, 0.29) is 10.9 Å². The second kappa shape index (κ2) is 5.03. The summed E-state index contributed by atoms with van der Waals surface area (Å²) in [6, 6.07) is 0.558. The number of aromatic nitrogens is 2. The van der Waals surface area contributed by atoms with Gasteiger partial charge in [-0.15, -0.1) is 0 Å². The van der Waals surface area contributed by atoms with E-state index in [0.29, 0.717) is 17.7 Å². The van der Waals surface area contributed by atoms with Crippen LogP contribution in [0.3, 0.4) is 0 Å². The Morgan fingerprint density at radius 1 is 1.42 bits per heavy atom. The van der Waals surface area contributed by atoms with Crippen LogP contribution in [-0.4, -0.2) is 37.5 Å². The first-order chi connectivity index (χ1) is 8.92. The lowest BCUT2D eigenvalue weighted by molar-refractivity contribution is 0.362. The van der Waals surface area contributed by atoms with Crippen molar-refractivity contribution in [2.24, 2.45) is 0 Å². The fourth-order valence-corrected chi connectivity index (χ4v) is 3.62. The van der Waals surface area contributed by atoms with Crippen LogP contribution < -0.4 is 10.6 Å². The molecule has 2 atom stereocenters. The van der Waals surface area contributed by atoms with Gasteiger partial charge < -0.3 is 10.6 Å². The van der Waals surface area contributed by atoms with E-state index in [2.05, 4.69) is 29.6 Å². The maximum Gasteiger partial charge on any atom is 0.182 e. The van der Waals surface area contributed by atoms with Crippen LogP contribution in [0.1, 0.15) is 39.2 Å². The van der Waals surface area contributed by atoms with Crippen molar-refractivity contribution in [3.63, 3.8) is 0 Å². The van der Waals surface area contributed by atoms with Gasteiger partial charge in [0, 0.05) is 19.3 Å². The van der Waals surface area contributed by atoms with Crippen LogP contribution in [0.2, 0.25) is 0 Å². The van der Waals surface area contributed by atoms with Crippen LogP contribution >= 0.6 is 0 Å². The van der Waals surface area contributed by atoms with Crippen molar-refractivity contribution in [3.05, 3.63) is 0 Å². The minimum Gasteiger partial charge on any atom is -0.371 e. The molecule has 0 spiro atoms. The summed E-state index contributed by atoms with van der Waals surface area (Å²) in [7, 11) is -1.62. The number of anilines is 2. The fraction of sp³-hybridized carbons (Fsp3) is 0.750. The first kappa shape index (κ1) is 14.2. The Balaban J connectivity index is 2.61. The summed E-state index contributed by atoms with van der Waals surface area (Å²) in [5, 5.41) is 10.6. The molecule has 0 amide bonds. The van der Waals surface area contributed by atoms with Gasteiger partial charge in [0.1, 0.15) is 5.82 Å². The summed E-state index contributed by atoms with van der Waals surface area (Å²) >= 11 is 0. The molecular weight excluding hydrogens is 264 g/mol. The Bertz CT molecular complexity index is 565. The minimum atomic E-state index is -3.32. The average molecular weight is 286 g/mol. The van der Waals surface area contributed by atoms with Crippen molar-refractivity contribution in [3.8, 4) is 0 Å². The molecule has 0 aliphatic carbocycles. The summed E-state index contributed by atoms with van der Waals surface area (Å²) in [6.45, 7) is 4.21. The van der Waals surface area contributed by atoms with E-state index in [1.165, 1.54) is 6.26 Å². The average Bonchev–Trinajstić information content (AvgIpc) is 2.75. The van der Waals surface area contributed by atoms with Crippen LogP contribution in [0.25, 0.3) is 0 Å². The fourth-order valence-electron chi connectivity index (χ4n) is 2.62. The molecule has 1 aromatic rings. The van der Waals surface area contributed by atoms with Gasteiger partial charge in [0.25, 0.3) is 0 Å². The Hall–Kier alpha value is -1.24. The highest BCUT2D eigenvalue weighted by molar-refractivity contribution is 7.91. The molecule has 2 unspecified atom stereocenters. The first-order valence-electron chi connectivity index (χ1n) is 6.69. The molecule has 0 aromatic carbocycles. The quantitative estimate of drug-likeness (QED) is 0.883. The lowest BCUT2D eigenvalue weighted by Crippen LogP contribution is -2.32. The molecule has 0 saturated heterocycles. The minimum absolute atomic E-state index is 0.254. The van der Waals surface area contributed by atoms with Crippen LogP contribution in [0.4, 0.5) is 11.6 Å². The summed E-state index contributed by atoms with van der Waals surface area (Å²) in [4.78, 5) is 0.284. The number of hydrogen-bond acceptors (Lipinski definition) is 5. The predicted molar refractivity (Wildman–Crippen MR) is 76.5 cm³/mol. The smallest absolute Gasteiger partial charge is 0.182 e. The van der Waals surface area contributed by atoms with Gasteiger partial charge in [-0.3, -0.25) is 0 Å². The molecule has 1 aliphatic heterocycles. The van der Waals surface area contributed by atoms with Crippen molar-refractivity contribution in [1.29, 1.82) is 0 Å². The van der Waals surface area contributed by atoms with Crippen LogP contribution in [0.15, 0.2) is 4.90 Å². The van der Waals surface area contributed by atoms with Crippen molar-refractivity contribution < 1.29 is 8.42 Å². The predicted octanol–water partition coefficient (Wildman–Crippen LogP) is 1.87. The number of hydrogen-bond donors (Lipinski definition) is 2. The van der Waals surface area contributed by atoms with Gasteiger partial charge in [0.15, 0.2) is 20.6 Å². The molecule has 2 heterocycles. The monoisotopic (exact) mass is 286 g/mol. The van der Waals surface area contributed by atoms with Gasteiger partial charge in [-0.2, -0.15) is 5.10 Å². The summed E-state index contributed by atoms with van der Waals surface area (Å²) < 4.78 is 25.8. The number of sulfone groups is 1. The number of nitrogens with one attached hydrogen (secondary N) is 2. The topological polar surface area (TPSA) is 76.0 Å². The lowest BCUT2D eigenvalue weighted by Gasteiger charge is -2.31. The van der Waals surface area contributed by atoms with Crippen LogP contribution in [0, 0.1) is 0 Å². The Morgan fingerprint density at radius 3 is 2.58 bits per heavy atom. The van der Waals surface area contributed by atoms with Gasteiger partial charge in [-0.05, 0) is 19.3 Å². The molecule has 0 radical (unpaired) electrons. The standard InChI is InChI=1S/C12H22N4O2S/c1-5-8-7-9(6-2)16-12(14-8)10(19(4,17)18)11(13-3)15-16/h8-9,14H,5-7H2,1-4H3,(H,13,15). The van der Waals surface area contributed by atoms with Crippen molar-refractivity contribution in [2.45, 2.75) is 50.1 Å². The maximum absolute atomic E-state index is 12.0. The summed E-state index contributed by atoms with van der Waals surface area (Å²) in [5.74, 6) is 1.07. The van der Waals surface area contributed by atoms with E-state index in [1.807, 2.05) is 4.68 Å². The van der Waals surface area contributed by atoms with E-state index in [0.717, 1.165) is 19.3 Å². The Morgan fingerprint density at radius 2 is 2.11 bits per heavy atom. The first-order valence-corrected chi connectivity index (χ1v) is 8.58. The molecule has 108 valence electrons. The Kier molecular flexibility index (Phi) is 3.75. The summed E-state index contributed by atoms with van der Waals surface area (Å²) in [6.07, 6.45) is 4.12. The third-order valence-electron chi connectivity index (χ3n) is 3.68. The van der Waals surface area contributed by atoms with E-state index >= 15 is 0 Å². The van der Waals surface area contributed by atoms with Gasteiger partial charge in [-0.25, -0.2) is 13.1 Å². The highest BCUT2D eigenvalue weighted by Gasteiger charge is 2.33.